The zero-order valence-electron chi connectivity index (χ0n) is 17.4. The summed E-state index contributed by atoms with van der Waals surface area (Å²) in [6, 6.07) is 2.41. The van der Waals surface area contributed by atoms with Crippen molar-refractivity contribution < 1.29 is 23.5 Å². The first kappa shape index (κ1) is 22.6. The van der Waals surface area contributed by atoms with Crippen LogP contribution >= 0.6 is 11.8 Å². The summed E-state index contributed by atoms with van der Waals surface area (Å²) < 4.78 is 18.8. The predicted molar refractivity (Wildman–Crippen MR) is 115 cm³/mol. The fourth-order valence-electron chi connectivity index (χ4n) is 3.97. The Hall–Kier alpha value is -2.09. The first-order valence-corrected chi connectivity index (χ1v) is 11.6. The van der Waals surface area contributed by atoms with Crippen molar-refractivity contribution in [1.29, 1.82) is 0 Å². The zero-order valence-corrected chi connectivity index (χ0v) is 18.2. The molecule has 1 saturated heterocycles. The number of anilines is 1. The van der Waals surface area contributed by atoms with Crippen LogP contribution in [0, 0.1) is 5.82 Å². The normalized spacial score (nSPS) is 20.1. The summed E-state index contributed by atoms with van der Waals surface area (Å²) in [4.78, 5) is 36.6. The number of unbranched alkanes of at least 4 members (excludes halogenated alkanes) is 7. The highest BCUT2D eigenvalue weighted by Gasteiger charge is 2.53. The Bertz CT molecular complexity index is 817. The van der Waals surface area contributed by atoms with Crippen molar-refractivity contribution in [3.05, 3.63) is 23.5 Å². The second-order valence-corrected chi connectivity index (χ2v) is 9.14. The molecular formula is C22H29FN2O4S. The van der Waals surface area contributed by atoms with E-state index in [2.05, 4.69) is 17.6 Å². The molecule has 2 aliphatic rings. The number of halogens is 1. The van der Waals surface area contributed by atoms with E-state index in [1.807, 2.05) is 0 Å². The van der Waals surface area contributed by atoms with E-state index in [1.54, 1.807) is 0 Å². The van der Waals surface area contributed by atoms with Gasteiger partial charge >= 0.3 is 0 Å². The largest absolute Gasteiger partial charge is 0.491 e. The number of rotatable bonds is 10. The first-order chi connectivity index (χ1) is 14.5. The van der Waals surface area contributed by atoms with Gasteiger partial charge in [0.1, 0.15) is 16.3 Å². The lowest BCUT2D eigenvalue weighted by molar-refractivity contribution is -0.122. The quantitative estimate of drug-likeness (QED) is 0.489. The smallest absolute Gasteiger partial charge is 0.287 e. The fraction of sp³-hybridized carbons (Fsp3) is 0.591. The second-order valence-electron chi connectivity index (χ2n) is 7.87. The molecule has 1 aromatic carbocycles. The van der Waals surface area contributed by atoms with Gasteiger partial charge in [-0.15, -0.1) is 0 Å². The summed E-state index contributed by atoms with van der Waals surface area (Å²) in [5.41, 5.74) is 0.505. The number of benzene rings is 1. The van der Waals surface area contributed by atoms with Gasteiger partial charge < -0.3 is 10.1 Å². The first-order valence-electron chi connectivity index (χ1n) is 10.8. The molecule has 1 spiro atoms. The number of ether oxygens (including phenoxy) is 1. The van der Waals surface area contributed by atoms with Crippen LogP contribution in [0.15, 0.2) is 12.1 Å². The average molecular weight is 437 g/mol. The van der Waals surface area contributed by atoms with Crippen molar-refractivity contribution in [2.45, 2.75) is 75.9 Å². The third-order valence-corrected chi connectivity index (χ3v) is 6.82. The van der Waals surface area contributed by atoms with E-state index < -0.39 is 21.7 Å². The van der Waals surface area contributed by atoms with Crippen molar-refractivity contribution in [3.63, 3.8) is 0 Å². The molecule has 30 heavy (non-hydrogen) atoms. The number of hydrogen-bond acceptors (Lipinski definition) is 5. The van der Waals surface area contributed by atoms with E-state index in [-0.39, 0.29) is 30.4 Å². The predicted octanol–water partition coefficient (Wildman–Crippen LogP) is 5.26. The van der Waals surface area contributed by atoms with E-state index >= 15 is 0 Å². The highest BCUT2D eigenvalue weighted by molar-refractivity contribution is 8.15. The third-order valence-electron chi connectivity index (χ3n) is 5.57. The topological polar surface area (TPSA) is 84.5 Å². The van der Waals surface area contributed by atoms with Crippen LogP contribution in [-0.4, -0.2) is 23.7 Å². The fourth-order valence-corrected chi connectivity index (χ4v) is 5.02. The molecule has 2 aliphatic heterocycles. The molecule has 0 saturated carbocycles. The van der Waals surface area contributed by atoms with Gasteiger partial charge in [0.05, 0.1) is 12.3 Å². The summed E-state index contributed by atoms with van der Waals surface area (Å²) in [5.74, 6) is -1.00. The molecule has 164 valence electrons. The van der Waals surface area contributed by atoms with Gasteiger partial charge in [0.15, 0.2) is 0 Å². The minimum atomic E-state index is -1.20. The van der Waals surface area contributed by atoms with Crippen LogP contribution in [0.2, 0.25) is 0 Å². The van der Waals surface area contributed by atoms with Crippen LogP contribution < -0.4 is 15.4 Å². The van der Waals surface area contributed by atoms with Gasteiger partial charge in [-0.25, -0.2) is 4.39 Å². The maximum Gasteiger partial charge on any atom is 0.287 e. The third kappa shape index (κ3) is 5.14. The van der Waals surface area contributed by atoms with Gasteiger partial charge in [0.25, 0.3) is 5.24 Å². The van der Waals surface area contributed by atoms with E-state index in [1.165, 1.54) is 44.2 Å². The van der Waals surface area contributed by atoms with Crippen molar-refractivity contribution >= 4 is 34.5 Å². The molecule has 1 unspecified atom stereocenters. The van der Waals surface area contributed by atoms with Crippen LogP contribution in [-0.2, 0) is 14.3 Å². The maximum absolute atomic E-state index is 14.3. The number of thioether (sulfide) groups is 1. The minimum Gasteiger partial charge on any atom is -0.491 e. The molecule has 0 aromatic heterocycles. The molecule has 2 heterocycles. The van der Waals surface area contributed by atoms with Gasteiger partial charge in [-0.1, -0.05) is 51.9 Å². The van der Waals surface area contributed by atoms with Gasteiger partial charge in [-0.3, -0.25) is 19.7 Å². The lowest BCUT2D eigenvalue weighted by Gasteiger charge is -2.32. The molecule has 3 amide bonds. The number of fused-ring (bicyclic) bond motifs is 2. The zero-order chi connectivity index (χ0) is 21.6. The molecule has 2 N–H and O–H groups in total. The molecule has 0 bridgehead atoms. The van der Waals surface area contributed by atoms with E-state index in [4.69, 9.17) is 4.74 Å². The summed E-state index contributed by atoms with van der Waals surface area (Å²) in [7, 11) is 0. The molecule has 1 aromatic rings. The highest BCUT2D eigenvalue weighted by atomic mass is 32.2. The van der Waals surface area contributed by atoms with Crippen LogP contribution in [0.4, 0.5) is 14.9 Å². The Labute approximate surface area is 180 Å². The monoisotopic (exact) mass is 436 g/mol. The van der Waals surface area contributed by atoms with E-state index in [0.717, 1.165) is 31.0 Å². The Kier molecular flexibility index (Phi) is 7.75. The SMILES string of the molecule is CCCCCCCCCCC(=O)Nc1cc(F)cc2c1OCCC21SC(=O)NC1=O. The van der Waals surface area contributed by atoms with Crippen molar-refractivity contribution in [2.24, 2.45) is 0 Å². The number of amides is 3. The molecule has 3 rings (SSSR count). The van der Waals surface area contributed by atoms with Crippen LogP contribution in [0.5, 0.6) is 5.75 Å². The van der Waals surface area contributed by atoms with Gasteiger partial charge in [-0.05, 0) is 24.2 Å². The molecule has 0 radical (unpaired) electrons. The molecule has 1 fully saturated rings. The lowest BCUT2D eigenvalue weighted by atomic mass is 9.90. The maximum atomic E-state index is 14.3. The molecule has 8 heteroatoms. The minimum absolute atomic E-state index is 0.202. The van der Waals surface area contributed by atoms with E-state index in [9.17, 15) is 18.8 Å². The number of hydrogen-bond donors (Lipinski definition) is 2. The van der Waals surface area contributed by atoms with Gasteiger partial charge in [-0.2, -0.15) is 0 Å². The van der Waals surface area contributed by atoms with Crippen molar-refractivity contribution in [1.82, 2.24) is 5.32 Å². The Morgan fingerprint density at radius 3 is 2.53 bits per heavy atom. The molecular weight excluding hydrogens is 407 g/mol. The summed E-state index contributed by atoms with van der Waals surface area (Å²) in [5, 5.41) is 4.54. The van der Waals surface area contributed by atoms with E-state index in [0.29, 0.717) is 12.0 Å². The van der Waals surface area contributed by atoms with Gasteiger partial charge in [0.2, 0.25) is 11.8 Å². The number of nitrogens with one attached hydrogen (secondary N) is 2. The lowest BCUT2D eigenvalue weighted by Crippen LogP contribution is -2.39. The summed E-state index contributed by atoms with van der Waals surface area (Å²) >= 11 is 0.843. The number of carbonyl (C=O) groups excluding carboxylic acids is 3. The molecule has 6 nitrogen and oxygen atoms in total. The average Bonchev–Trinajstić information content (AvgIpc) is 2.98. The molecule has 0 aliphatic carbocycles. The Morgan fingerprint density at radius 1 is 1.17 bits per heavy atom. The van der Waals surface area contributed by atoms with Crippen molar-refractivity contribution in [3.8, 4) is 5.75 Å². The van der Waals surface area contributed by atoms with Crippen molar-refractivity contribution in [2.75, 3.05) is 11.9 Å². The number of carbonyl (C=O) groups is 3. The summed E-state index contributed by atoms with van der Waals surface area (Å²) in [6.45, 7) is 2.40. The van der Waals surface area contributed by atoms with Gasteiger partial charge in [0, 0.05) is 24.5 Å². The molecule has 1 atom stereocenters. The van der Waals surface area contributed by atoms with Crippen LogP contribution in [0.3, 0.4) is 0 Å². The Balaban J connectivity index is 1.60. The summed E-state index contributed by atoms with van der Waals surface area (Å²) in [6.07, 6.45) is 9.68. The Morgan fingerprint density at radius 2 is 1.87 bits per heavy atom. The van der Waals surface area contributed by atoms with Crippen LogP contribution in [0.1, 0.15) is 76.7 Å². The van der Waals surface area contributed by atoms with Crippen LogP contribution in [0.25, 0.3) is 0 Å². The standard InChI is InChI=1S/C22H29FN2O4S/c1-2-3-4-5-6-7-8-9-10-18(26)24-17-14-15(23)13-16-19(17)29-12-11-22(16)20(27)25-21(28)30-22/h13-14H,2-12H2,1H3,(H,24,26)(H,25,27,28). The second kappa shape index (κ2) is 10.3. The number of imide groups is 1. The highest BCUT2D eigenvalue weighted by Crippen LogP contribution is 2.52.